The Balaban J connectivity index is 2.06. The van der Waals surface area contributed by atoms with Gasteiger partial charge in [0.15, 0.2) is 0 Å². The van der Waals surface area contributed by atoms with E-state index in [1.807, 2.05) is 0 Å². The van der Waals surface area contributed by atoms with Gasteiger partial charge in [0.05, 0.1) is 19.8 Å². The zero-order valence-corrected chi connectivity index (χ0v) is 11.8. The summed E-state index contributed by atoms with van der Waals surface area (Å²) >= 11 is 0. The van der Waals surface area contributed by atoms with Gasteiger partial charge in [-0.15, -0.1) is 0 Å². The molecule has 0 unspecified atom stereocenters. The quantitative estimate of drug-likeness (QED) is 0.793. The first-order chi connectivity index (χ1) is 10.1. The molecule has 110 valence electrons. The maximum atomic E-state index is 13.2. The number of hydrogen-bond acceptors (Lipinski definition) is 4. The zero-order chi connectivity index (χ0) is 15.2. The highest BCUT2D eigenvalue weighted by Gasteiger charge is 2.07. The summed E-state index contributed by atoms with van der Waals surface area (Å²) in [7, 11) is 2.84. The largest absolute Gasteiger partial charge is 0.496 e. The minimum atomic E-state index is -0.409. The molecule has 2 rings (SSSR count). The molecule has 0 aliphatic carbocycles. The van der Waals surface area contributed by atoms with E-state index in [0.29, 0.717) is 22.6 Å². The minimum absolute atomic E-state index is 0.165. The first-order valence-corrected chi connectivity index (χ1v) is 6.27. The SMILES string of the molecule is COC(=O)c1ccc(OCc2cc(F)ccc2OC)cc1. The van der Waals surface area contributed by atoms with Crippen LogP contribution in [0.5, 0.6) is 11.5 Å². The van der Waals surface area contributed by atoms with Gasteiger partial charge in [-0.05, 0) is 42.5 Å². The lowest BCUT2D eigenvalue weighted by atomic mass is 10.2. The van der Waals surface area contributed by atoms with Gasteiger partial charge in [-0.2, -0.15) is 0 Å². The van der Waals surface area contributed by atoms with Crippen LogP contribution in [-0.4, -0.2) is 20.2 Å². The number of benzene rings is 2. The van der Waals surface area contributed by atoms with Crippen molar-refractivity contribution < 1.29 is 23.4 Å². The van der Waals surface area contributed by atoms with Crippen LogP contribution in [0.3, 0.4) is 0 Å². The Morgan fingerprint density at radius 2 is 1.81 bits per heavy atom. The molecule has 0 saturated heterocycles. The van der Waals surface area contributed by atoms with E-state index in [1.54, 1.807) is 30.3 Å². The molecule has 0 radical (unpaired) electrons. The molecule has 2 aromatic rings. The highest BCUT2D eigenvalue weighted by molar-refractivity contribution is 5.89. The second kappa shape index (κ2) is 6.74. The average molecular weight is 290 g/mol. The number of rotatable bonds is 5. The molecule has 4 nitrogen and oxygen atoms in total. The van der Waals surface area contributed by atoms with Gasteiger partial charge in [-0.3, -0.25) is 0 Å². The van der Waals surface area contributed by atoms with Crippen molar-refractivity contribution in [3.05, 3.63) is 59.4 Å². The maximum absolute atomic E-state index is 13.2. The lowest BCUT2D eigenvalue weighted by Gasteiger charge is -2.10. The van der Waals surface area contributed by atoms with Crippen molar-refractivity contribution >= 4 is 5.97 Å². The highest BCUT2D eigenvalue weighted by atomic mass is 19.1. The van der Waals surface area contributed by atoms with Crippen molar-refractivity contribution in [1.29, 1.82) is 0 Å². The topological polar surface area (TPSA) is 44.8 Å². The van der Waals surface area contributed by atoms with Crippen LogP contribution < -0.4 is 9.47 Å². The fourth-order valence-corrected chi connectivity index (χ4v) is 1.83. The number of hydrogen-bond donors (Lipinski definition) is 0. The van der Waals surface area contributed by atoms with Crippen LogP contribution in [0, 0.1) is 5.82 Å². The van der Waals surface area contributed by atoms with E-state index < -0.39 is 5.97 Å². The van der Waals surface area contributed by atoms with Crippen molar-refractivity contribution in [2.24, 2.45) is 0 Å². The van der Waals surface area contributed by atoms with Gasteiger partial charge in [0.2, 0.25) is 0 Å². The Bertz CT molecular complexity index is 623. The third-order valence-electron chi connectivity index (χ3n) is 2.91. The Morgan fingerprint density at radius 3 is 2.43 bits per heavy atom. The van der Waals surface area contributed by atoms with E-state index in [4.69, 9.17) is 9.47 Å². The van der Waals surface area contributed by atoms with E-state index in [-0.39, 0.29) is 12.4 Å². The monoisotopic (exact) mass is 290 g/mol. The molecule has 0 saturated carbocycles. The Labute approximate surface area is 122 Å². The van der Waals surface area contributed by atoms with E-state index >= 15 is 0 Å². The minimum Gasteiger partial charge on any atom is -0.496 e. The Kier molecular flexibility index (Phi) is 4.77. The van der Waals surface area contributed by atoms with Gasteiger partial charge >= 0.3 is 5.97 Å². The molecule has 0 atom stereocenters. The number of esters is 1. The van der Waals surface area contributed by atoms with Crippen molar-refractivity contribution in [1.82, 2.24) is 0 Å². The summed E-state index contributed by atoms with van der Waals surface area (Å²) in [5.74, 6) is 0.361. The molecule has 0 heterocycles. The van der Waals surface area contributed by atoms with Crippen LogP contribution in [0.15, 0.2) is 42.5 Å². The summed E-state index contributed by atoms with van der Waals surface area (Å²) in [5.41, 5.74) is 1.04. The Morgan fingerprint density at radius 1 is 1.10 bits per heavy atom. The van der Waals surface area contributed by atoms with Crippen molar-refractivity contribution in [2.75, 3.05) is 14.2 Å². The molecule has 0 bridgehead atoms. The third-order valence-corrected chi connectivity index (χ3v) is 2.91. The molecule has 0 aliphatic heterocycles. The van der Waals surface area contributed by atoms with E-state index in [9.17, 15) is 9.18 Å². The second-order valence-electron chi connectivity index (χ2n) is 4.26. The molecule has 0 amide bonds. The second-order valence-corrected chi connectivity index (χ2v) is 4.26. The normalized spacial score (nSPS) is 10.0. The summed E-state index contributed by atoms with van der Waals surface area (Å²) in [6.45, 7) is 0.165. The Hall–Kier alpha value is -2.56. The van der Waals surface area contributed by atoms with Crippen LogP contribution in [-0.2, 0) is 11.3 Å². The van der Waals surface area contributed by atoms with Gasteiger partial charge in [0.25, 0.3) is 0 Å². The van der Waals surface area contributed by atoms with Crippen LogP contribution in [0.1, 0.15) is 15.9 Å². The van der Waals surface area contributed by atoms with Gasteiger partial charge < -0.3 is 14.2 Å². The van der Waals surface area contributed by atoms with Crippen molar-refractivity contribution in [3.63, 3.8) is 0 Å². The fourth-order valence-electron chi connectivity index (χ4n) is 1.83. The highest BCUT2D eigenvalue weighted by Crippen LogP contribution is 2.22. The van der Waals surface area contributed by atoms with Crippen molar-refractivity contribution in [3.8, 4) is 11.5 Å². The number of carbonyl (C=O) groups excluding carboxylic acids is 1. The van der Waals surface area contributed by atoms with Gasteiger partial charge in [-0.25, -0.2) is 9.18 Å². The summed E-state index contributed by atoms with van der Waals surface area (Å²) in [5, 5.41) is 0. The summed E-state index contributed by atoms with van der Waals surface area (Å²) in [6, 6.07) is 10.7. The predicted molar refractivity (Wildman–Crippen MR) is 75.1 cm³/mol. The third kappa shape index (κ3) is 3.72. The molecule has 21 heavy (non-hydrogen) atoms. The lowest BCUT2D eigenvalue weighted by molar-refractivity contribution is 0.0600. The molecular formula is C16H15FO4. The number of carbonyl (C=O) groups is 1. The van der Waals surface area contributed by atoms with Gasteiger partial charge in [0.1, 0.15) is 23.9 Å². The fraction of sp³-hybridized carbons (Fsp3) is 0.188. The van der Waals surface area contributed by atoms with E-state index in [1.165, 1.54) is 26.4 Å². The molecule has 0 aromatic heterocycles. The lowest BCUT2D eigenvalue weighted by Crippen LogP contribution is -2.02. The van der Waals surface area contributed by atoms with Crippen LogP contribution >= 0.6 is 0 Å². The summed E-state index contributed by atoms with van der Waals surface area (Å²) < 4.78 is 28.5. The molecule has 0 spiro atoms. The molecule has 5 heteroatoms. The van der Waals surface area contributed by atoms with Gasteiger partial charge in [-0.1, -0.05) is 0 Å². The van der Waals surface area contributed by atoms with Gasteiger partial charge in [0, 0.05) is 5.56 Å². The summed E-state index contributed by atoms with van der Waals surface area (Å²) in [4.78, 5) is 11.3. The molecule has 0 N–H and O–H groups in total. The maximum Gasteiger partial charge on any atom is 0.337 e. The standard InChI is InChI=1S/C16H15FO4/c1-19-15-8-5-13(17)9-12(15)10-21-14-6-3-11(4-7-14)16(18)20-2/h3-9H,10H2,1-2H3. The first kappa shape index (κ1) is 14.8. The van der Waals surface area contributed by atoms with Crippen LogP contribution in [0.25, 0.3) is 0 Å². The summed E-state index contributed by atoms with van der Waals surface area (Å²) in [6.07, 6.45) is 0. The van der Waals surface area contributed by atoms with Crippen molar-refractivity contribution in [2.45, 2.75) is 6.61 Å². The van der Waals surface area contributed by atoms with Crippen LogP contribution in [0.2, 0.25) is 0 Å². The smallest absolute Gasteiger partial charge is 0.337 e. The molecule has 0 fully saturated rings. The number of ether oxygens (including phenoxy) is 3. The van der Waals surface area contributed by atoms with E-state index in [0.717, 1.165) is 0 Å². The molecular weight excluding hydrogens is 275 g/mol. The van der Waals surface area contributed by atoms with Crippen LogP contribution in [0.4, 0.5) is 4.39 Å². The number of methoxy groups -OCH3 is 2. The molecule has 0 aliphatic rings. The van der Waals surface area contributed by atoms with E-state index in [2.05, 4.69) is 4.74 Å². The first-order valence-electron chi connectivity index (χ1n) is 6.27. The average Bonchev–Trinajstić information content (AvgIpc) is 2.52. The molecule has 2 aromatic carbocycles. The number of halogens is 1. The zero-order valence-electron chi connectivity index (χ0n) is 11.8. The predicted octanol–water partition coefficient (Wildman–Crippen LogP) is 3.20.